The molecule has 1 amide bonds. The molecule has 0 saturated heterocycles. The number of carbonyl (C=O) groups is 2. The molecular formula is C14H17F2NO3. The van der Waals surface area contributed by atoms with Gasteiger partial charge in [0, 0.05) is 6.54 Å². The Balaban J connectivity index is 2.50. The molecule has 1 aromatic rings. The third-order valence-corrected chi connectivity index (χ3v) is 2.88. The predicted octanol–water partition coefficient (Wildman–Crippen LogP) is 2.12. The largest absolute Gasteiger partial charge is 0.481 e. The minimum Gasteiger partial charge on any atom is -0.481 e. The van der Waals surface area contributed by atoms with E-state index in [2.05, 4.69) is 5.32 Å². The molecule has 0 radical (unpaired) electrons. The SMILES string of the molecule is CCCC(CNC(=O)Cc1ccc(F)c(F)c1)C(=O)O. The molecule has 0 spiro atoms. The van der Waals surface area contributed by atoms with Gasteiger partial charge < -0.3 is 10.4 Å². The second kappa shape index (κ2) is 7.57. The van der Waals surface area contributed by atoms with Crippen molar-refractivity contribution in [1.29, 1.82) is 0 Å². The van der Waals surface area contributed by atoms with Crippen molar-refractivity contribution >= 4 is 11.9 Å². The number of carbonyl (C=O) groups excluding carboxylic acids is 1. The van der Waals surface area contributed by atoms with E-state index in [1.165, 1.54) is 6.07 Å². The molecule has 0 aromatic heterocycles. The standard InChI is InChI=1S/C14H17F2NO3/c1-2-3-10(14(19)20)8-17-13(18)7-9-4-5-11(15)12(16)6-9/h4-6,10H,2-3,7-8H2,1H3,(H,17,18)(H,19,20). The van der Waals surface area contributed by atoms with E-state index in [1.54, 1.807) is 0 Å². The average molecular weight is 285 g/mol. The summed E-state index contributed by atoms with van der Waals surface area (Å²) < 4.78 is 25.7. The van der Waals surface area contributed by atoms with Gasteiger partial charge in [0.05, 0.1) is 12.3 Å². The lowest BCUT2D eigenvalue weighted by molar-refractivity contribution is -0.141. The van der Waals surface area contributed by atoms with Crippen LogP contribution in [0, 0.1) is 17.6 Å². The molecule has 0 saturated carbocycles. The van der Waals surface area contributed by atoms with Crippen LogP contribution in [0.4, 0.5) is 8.78 Å². The lowest BCUT2D eigenvalue weighted by Gasteiger charge is -2.12. The molecule has 0 bridgehead atoms. The van der Waals surface area contributed by atoms with Gasteiger partial charge in [0.15, 0.2) is 11.6 Å². The van der Waals surface area contributed by atoms with Gasteiger partial charge in [0.25, 0.3) is 0 Å². The van der Waals surface area contributed by atoms with Gasteiger partial charge in [0.1, 0.15) is 0 Å². The fourth-order valence-corrected chi connectivity index (χ4v) is 1.80. The quantitative estimate of drug-likeness (QED) is 0.806. The van der Waals surface area contributed by atoms with Crippen LogP contribution in [0.5, 0.6) is 0 Å². The number of halogens is 2. The maximum absolute atomic E-state index is 13.0. The Kier molecular flexibility index (Phi) is 6.09. The number of benzene rings is 1. The van der Waals surface area contributed by atoms with Crippen molar-refractivity contribution in [3.05, 3.63) is 35.4 Å². The highest BCUT2D eigenvalue weighted by Gasteiger charge is 2.17. The molecule has 4 nitrogen and oxygen atoms in total. The first kappa shape index (κ1) is 16.1. The number of nitrogens with one attached hydrogen (secondary N) is 1. The summed E-state index contributed by atoms with van der Waals surface area (Å²) in [4.78, 5) is 22.5. The number of hydrogen-bond donors (Lipinski definition) is 2. The summed E-state index contributed by atoms with van der Waals surface area (Å²) in [5.41, 5.74) is 0.337. The predicted molar refractivity (Wildman–Crippen MR) is 69.1 cm³/mol. The van der Waals surface area contributed by atoms with Gasteiger partial charge in [-0.3, -0.25) is 9.59 Å². The Hall–Kier alpha value is -1.98. The van der Waals surface area contributed by atoms with E-state index in [0.717, 1.165) is 12.1 Å². The van der Waals surface area contributed by atoms with Gasteiger partial charge >= 0.3 is 5.97 Å². The van der Waals surface area contributed by atoms with Crippen molar-refractivity contribution in [1.82, 2.24) is 5.32 Å². The van der Waals surface area contributed by atoms with Crippen LogP contribution in [0.3, 0.4) is 0 Å². The zero-order valence-electron chi connectivity index (χ0n) is 11.2. The average Bonchev–Trinajstić information content (AvgIpc) is 2.38. The minimum absolute atomic E-state index is 0.0334. The van der Waals surface area contributed by atoms with Crippen molar-refractivity contribution in [3.63, 3.8) is 0 Å². The van der Waals surface area contributed by atoms with Crippen molar-refractivity contribution in [2.75, 3.05) is 6.54 Å². The lowest BCUT2D eigenvalue weighted by atomic mass is 10.0. The molecule has 1 rings (SSSR count). The Morgan fingerprint density at radius 3 is 2.55 bits per heavy atom. The van der Waals surface area contributed by atoms with Crippen LogP contribution in [-0.2, 0) is 16.0 Å². The molecule has 0 aliphatic carbocycles. The summed E-state index contributed by atoms with van der Waals surface area (Å²) in [6.07, 6.45) is 1.06. The van der Waals surface area contributed by atoms with Crippen LogP contribution in [0.15, 0.2) is 18.2 Å². The summed E-state index contributed by atoms with van der Waals surface area (Å²) in [6.45, 7) is 1.89. The van der Waals surface area contributed by atoms with Gasteiger partial charge in [-0.05, 0) is 24.1 Å². The summed E-state index contributed by atoms with van der Waals surface area (Å²) >= 11 is 0. The van der Waals surface area contributed by atoms with Crippen LogP contribution >= 0.6 is 0 Å². The highest BCUT2D eigenvalue weighted by atomic mass is 19.2. The number of hydrogen-bond acceptors (Lipinski definition) is 2. The molecular weight excluding hydrogens is 268 g/mol. The van der Waals surface area contributed by atoms with Crippen LogP contribution in [-0.4, -0.2) is 23.5 Å². The highest BCUT2D eigenvalue weighted by Crippen LogP contribution is 2.09. The summed E-state index contributed by atoms with van der Waals surface area (Å²) in [5.74, 6) is -3.99. The minimum atomic E-state index is -1.01. The fourth-order valence-electron chi connectivity index (χ4n) is 1.80. The molecule has 0 aliphatic heterocycles. The highest BCUT2D eigenvalue weighted by molar-refractivity contribution is 5.79. The Bertz CT molecular complexity index is 491. The van der Waals surface area contributed by atoms with Crippen LogP contribution < -0.4 is 5.32 Å². The maximum atomic E-state index is 13.0. The Labute approximate surface area is 115 Å². The van der Waals surface area contributed by atoms with Crippen molar-refractivity contribution in [2.45, 2.75) is 26.2 Å². The van der Waals surface area contributed by atoms with Crippen LogP contribution in [0.2, 0.25) is 0 Å². The van der Waals surface area contributed by atoms with Gasteiger partial charge in [-0.1, -0.05) is 19.4 Å². The lowest BCUT2D eigenvalue weighted by Crippen LogP contribution is -2.33. The first-order chi connectivity index (χ1) is 9.43. The summed E-state index contributed by atoms with van der Waals surface area (Å²) in [5, 5.41) is 11.4. The van der Waals surface area contributed by atoms with E-state index in [-0.39, 0.29) is 13.0 Å². The van der Waals surface area contributed by atoms with E-state index in [4.69, 9.17) is 5.11 Å². The number of aliphatic carboxylic acids is 1. The molecule has 1 atom stereocenters. The topological polar surface area (TPSA) is 66.4 Å². The zero-order valence-corrected chi connectivity index (χ0v) is 11.2. The first-order valence-corrected chi connectivity index (χ1v) is 6.37. The molecule has 0 heterocycles. The van der Waals surface area contributed by atoms with E-state index in [9.17, 15) is 18.4 Å². The van der Waals surface area contributed by atoms with E-state index in [1.807, 2.05) is 6.92 Å². The third-order valence-electron chi connectivity index (χ3n) is 2.88. The molecule has 1 aromatic carbocycles. The molecule has 20 heavy (non-hydrogen) atoms. The number of carboxylic acids is 1. The molecule has 6 heteroatoms. The number of amides is 1. The summed E-state index contributed by atoms with van der Waals surface area (Å²) in [7, 11) is 0. The van der Waals surface area contributed by atoms with Gasteiger partial charge in [-0.15, -0.1) is 0 Å². The molecule has 1 unspecified atom stereocenters. The zero-order chi connectivity index (χ0) is 15.1. The number of carboxylic acid groups (broad SMARTS) is 1. The van der Waals surface area contributed by atoms with Crippen molar-refractivity contribution < 1.29 is 23.5 Å². The first-order valence-electron chi connectivity index (χ1n) is 6.37. The number of rotatable bonds is 7. The van der Waals surface area contributed by atoms with Crippen LogP contribution in [0.1, 0.15) is 25.3 Å². The fraction of sp³-hybridized carbons (Fsp3) is 0.429. The van der Waals surface area contributed by atoms with Gasteiger partial charge in [-0.25, -0.2) is 8.78 Å². The van der Waals surface area contributed by atoms with Gasteiger partial charge in [0.2, 0.25) is 5.91 Å². The van der Waals surface area contributed by atoms with Gasteiger partial charge in [-0.2, -0.15) is 0 Å². The van der Waals surface area contributed by atoms with Crippen molar-refractivity contribution in [3.8, 4) is 0 Å². The van der Waals surface area contributed by atoms with E-state index in [0.29, 0.717) is 18.4 Å². The molecule has 2 N–H and O–H groups in total. The molecule has 110 valence electrons. The second-order valence-electron chi connectivity index (χ2n) is 4.55. The summed E-state index contributed by atoms with van der Waals surface area (Å²) in [6, 6.07) is 3.23. The normalized spacial score (nSPS) is 11.9. The Morgan fingerprint density at radius 1 is 1.30 bits per heavy atom. The maximum Gasteiger partial charge on any atom is 0.308 e. The second-order valence-corrected chi connectivity index (χ2v) is 4.55. The van der Waals surface area contributed by atoms with E-state index >= 15 is 0 Å². The molecule has 0 fully saturated rings. The Morgan fingerprint density at radius 2 is 2.00 bits per heavy atom. The van der Waals surface area contributed by atoms with E-state index < -0.39 is 29.4 Å². The van der Waals surface area contributed by atoms with Crippen molar-refractivity contribution in [2.24, 2.45) is 5.92 Å². The van der Waals surface area contributed by atoms with Crippen LogP contribution in [0.25, 0.3) is 0 Å². The third kappa shape index (κ3) is 4.95. The molecule has 0 aliphatic rings. The monoisotopic (exact) mass is 285 g/mol. The smallest absolute Gasteiger partial charge is 0.308 e.